The van der Waals surface area contributed by atoms with Crippen molar-refractivity contribution >= 4 is 5.78 Å². The van der Waals surface area contributed by atoms with E-state index in [0.717, 1.165) is 38.2 Å². The first kappa shape index (κ1) is 14.7. The van der Waals surface area contributed by atoms with Crippen LogP contribution >= 0.6 is 0 Å². The zero-order valence-electron chi connectivity index (χ0n) is 13.3. The molecule has 3 nitrogen and oxygen atoms in total. The number of piperazine rings is 1. The Morgan fingerprint density at radius 1 is 1.24 bits per heavy atom. The predicted octanol–water partition coefficient (Wildman–Crippen LogP) is 2.38. The highest BCUT2D eigenvalue weighted by Gasteiger charge is 2.24. The van der Waals surface area contributed by atoms with E-state index in [1.54, 1.807) is 0 Å². The molecule has 1 unspecified atom stereocenters. The molecule has 1 heterocycles. The summed E-state index contributed by atoms with van der Waals surface area (Å²) in [5.74, 6) is 0.279. The maximum absolute atomic E-state index is 12.5. The summed E-state index contributed by atoms with van der Waals surface area (Å²) in [6, 6.07) is 6.87. The van der Waals surface area contributed by atoms with E-state index in [1.807, 2.05) is 6.07 Å². The van der Waals surface area contributed by atoms with Crippen molar-refractivity contribution in [3.05, 3.63) is 34.9 Å². The molecule has 1 fully saturated rings. The molecule has 1 aromatic carbocycles. The Bertz CT molecular complexity index is 526. The first-order chi connectivity index (χ1) is 10.2. The number of carbonyl (C=O) groups is 1. The topological polar surface area (TPSA) is 23.6 Å². The van der Waals surface area contributed by atoms with Crippen LogP contribution in [-0.2, 0) is 12.8 Å². The van der Waals surface area contributed by atoms with Gasteiger partial charge in [0.05, 0.1) is 6.54 Å². The second-order valence-electron chi connectivity index (χ2n) is 6.47. The number of hydrogen-bond acceptors (Lipinski definition) is 3. The lowest BCUT2D eigenvalue weighted by Crippen LogP contribution is -2.52. The second kappa shape index (κ2) is 6.29. The van der Waals surface area contributed by atoms with Gasteiger partial charge in [0.25, 0.3) is 0 Å². The lowest BCUT2D eigenvalue weighted by molar-refractivity contribution is 0.0723. The molecule has 1 aromatic rings. The summed E-state index contributed by atoms with van der Waals surface area (Å²) in [6.45, 7) is 9.24. The number of nitrogens with zero attached hydrogens (tertiary/aromatic N) is 2. The number of likely N-dealkylation sites (N-methyl/N-ethyl adjacent to an activating group) is 1. The van der Waals surface area contributed by atoms with Crippen LogP contribution in [0.2, 0.25) is 0 Å². The van der Waals surface area contributed by atoms with E-state index >= 15 is 0 Å². The first-order valence-corrected chi connectivity index (χ1v) is 8.28. The quantitative estimate of drug-likeness (QED) is 0.794. The van der Waals surface area contributed by atoms with Crippen molar-refractivity contribution in [2.45, 2.75) is 39.2 Å². The van der Waals surface area contributed by atoms with Crippen LogP contribution in [0.3, 0.4) is 0 Å². The molecule has 0 spiro atoms. The number of hydrogen-bond donors (Lipinski definition) is 0. The molecule has 1 aliphatic carbocycles. The Kier molecular flexibility index (Phi) is 4.41. The Morgan fingerprint density at radius 3 is 2.81 bits per heavy atom. The maximum Gasteiger partial charge on any atom is 0.176 e. The molecule has 0 bridgehead atoms. The van der Waals surface area contributed by atoms with Crippen molar-refractivity contribution in [3.63, 3.8) is 0 Å². The fourth-order valence-electron chi connectivity index (χ4n) is 3.72. The van der Waals surface area contributed by atoms with Gasteiger partial charge in [-0.25, -0.2) is 0 Å². The molecular weight excluding hydrogens is 260 g/mol. The van der Waals surface area contributed by atoms with Gasteiger partial charge in [-0.3, -0.25) is 14.6 Å². The standard InChI is InChI=1S/C18H26N2O/c1-3-20-10-9-19(12-14(20)2)13-18(21)17-8-7-15-5-4-6-16(15)11-17/h7-8,11,14H,3-6,9-10,12-13H2,1-2H3. The second-order valence-corrected chi connectivity index (χ2v) is 6.47. The normalized spacial score (nSPS) is 23.2. The fourth-order valence-corrected chi connectivity index (χ4v) is 3.72. The maximum atomic E-state index is 12.5. The molecule has 114 valence electrons. The third-order valence-corrected chi connectivity index (χ3v) is 5.04. The molecule has 0 N–H and O–H groups in total. The highest BCUT2D eigenvalue weighted by molar-refractivity contribution is 5.97. The summed E-state index contributed by atoms with van der Waals surface area (Å²) < 4.78 is 0. The van der Waals surface area contributed by atoms with Gasteiger partial charge in [0, 0.05) is 31.2 Å². The van der Waals surface area contributed by atoms with Crippen LogP contribution in [0.4, 0.5) is 0 Å². The van der Waals surface area contributed by atoms with Gasteiger partial charge in [-0.2, -0.15) is 0 Å². The van der Waals surface area contributed by atoms with Crippen LogP contribution in [0.1, 0.15) is 41.8 Å². The minimum Gasteiger partial charge on any atom is -0.298 e. The highest BCUT2D eigenvalue weighted by atomic mass is 16.1. The minimum atomic E-state index is 0.279. The average Bonchev–Trinajstić information content (AvgIpc) is 2.94. The third-order valence-electron chi connectivity index (χ3n) is 5.04. The highest BCUT2D eigenvalue weighted by Crippen LogP contribution is 2.23. The molecule has 0 radical (unpaired) electrons. The van der Waals surface area contributed by atoms with E-state index in [9.17, 15) is 4.79 Å². The van der Waals surface area contributed by atoms with Crippen molar-refractivity contribution in [2.24, 2.45) is 0 Å². The summed E-state index contributed by atoms with van der Waals surface area (Å²) in [5.41, 5.74) is 3.74. The molecular formula is C18H26N2O. The zero-order chi connectivity index (χ0) is 14.8. The molecule has 1 saturated heterocycles. The number of fused-ring (bicyclic) bond motifs is 1. The van der Waals surface area contributed by atoms with Crippen LogP contribution in [0, 0.1) is 0 Å². The Morgan fingerprint density at radius 2 is 2.05 bits per heavy atom. The summed E-state index contributed by atoms with van der Waals surface area (Å²) in [5, 5.41) is 0. The number of ketones is 1. The van der Waals surface area contributed by atoms with Gasteiger partial charge in [0.15, 0.2) is 5.78 Å². The summed E-state index contributed by atoms with van der Waals surface area (Å²) in [4.78, 5) is 17.3. The first-order valence-electron chi connectivity index (χ1n) is 8.28. The molecule has 1 atom stereocenters. The lowest BCUT2D eigenvalue weighted by atomic mass is 10.0. The van der Waals surface area contributed by atoms with Crippen LogP contribution in [-0.4, -0.2) is 54.3 Å². The molecule has 0 amide bonds. The van der Waals surface area contributed by atoms with Crippen LogP contribution < -0.4 is 0 Å². The minimum absolute atomic E-state index is 0.279. The van der Waals surface area contributed by atoms with E-state index < -0.39 is 0 Å². The van der Waals surface area contributed by atoms with Gasteiger partial charge in [-0.05, 0) is 49.9 Å². The molecule has 3 rings (SSSR count). The van der Waals surface area contributed by atoms with E-state index in [2.05, 4.69) is 35.8 Å². The molecule has 0 aromatic heterocycles. The van der Waals surface area contributed by atoms with Crippen molar-refractivity contribution in [3.8, 4) is 0 Å². The largest absolute Gasteiger partial charge is 0.298 e. The van der Waals surface area contributed by atoms with Gasteiger partial charge in [-0.1, -0.05) is 19.1 Å². The van der Waals surface area contributed by atoms with E-state index in [1.165, 1.54) is 24.0 Å². The van der Waals surface area contributed by atoms with E-state index in [-0.39, 0.29) is 5.78 Å². The third kappa shape index (κ3) is 3.19. The SMILES string of the molecule is CCN1CCN(CC(=O)c2ccc3c(c2)CCC3)CC1C. The van der Waals surface area contributed by atoms with Crippen LogP contribution in [0.25, 0.3) is 0 Å². The summed E-state index contributed by atoms with van der Waals surface area (Å²) in [6.07, 6.45) is 3.56. The zero-order valence-corrected chi connectivity index (χ0v) is 13.3. The number of benzene rings is 1. The molecule has 21 heavy (non-hydrogen) atoms. The predicted molar refractivity (Wildman–Crippen MR) is 85.9 cm³/mol. The van der Waals surface area contributed by atoms with Crippen LogP contribution in [0.5, 0.6) is 0 Å². The van der Waals surface area contributed by atoms with Crippen molar-refractivity contribution in [1.82, 2.24) is 9.80 Å². The van der Waals surface area contributed by atoms with Gasteiger partial charge in [-0.15, -0.1) is 0 Å². The van der Waals surface area contributed by atoms with Crippen molar-refractivity contribution in [1.29, 1.82) is 0 Å². The number of rotatable bonds is 4. The molecule has 2 aliphatic rings. The molecule has 1 aliphatic heterocycles. The summed E-state index contributed by atoms with van der Waals surface area (Å²) in [7, 11) is 0. The van der Waals surface area contributed by atoms with E-state index in [0.29, 0.717) is 12.6 Å². The fraction of sp³-hybridized carbons (Fsp3) is 0.611. The van der Waals surface area contributed by atoms with E-state index in [4.69, 9.17) is 0 Å². The number of carbonyl (C=O) groups excluding carboxylic acids is 1. The van der Waals surface area contributed by atoms with Gasteiger partial charge < -0.3 is 0 Å². The van der Waals surface area contributed by atoms with Gasteiger partial charge in [0.1, 0.15) is 0 Å². The van der Waals surface area contributed by atoms with Gasteiger partial charge >= 0.3 is 0 Å². The van der Waals surface area contributed by atoms with Crippen molar-refractivity contribution < 1.29 is 4.79 Å². The summed E-state index contributed by atoms with van der Waals surface area (Å²) >= 11 is 0. The van der Waals surface area contributed by atoms with Crippen LogP contribution in [0.15, 0.2) is 18.2 Å². The number of aryl methyl sites for hydroxylation is 2. The Hall–Kier alpha value is -1.19. The monoisotopic (exact) mass is 286 g/mol. The lowest BCUT2D eigenvalue weighted by Gasteiger charge is -2.39. The average molecular weight is 286 g/mol. The molecule has 3 heteroatoms. The number of Topliss-reactive ketones (excluding diaryl/α,β-unsaturated/α-hetero) is 1. The Balaban J connectivity index is 1.62. The smallest absolute Gasteiger partial charge is 0.176 e. The Labute approximate surface area is 127 Å². The van der Waals surface area contributed by atoms with Gasteiger partial charge in [0.2, 0.25) is 0 Å². The van der Waals surface area contributed by atoms with Crippen molar-refractivity contribution in [2.75, 3.05) is 32.7 Å². The molecule has 0 saturated carbocycles.